The first-order chi connectivity index (χ1) is 13.1. The van der Waals surface area contributed by atoms with E-state index < -0.39 is 0 Å². The van der Waals surface area contributed by atoms with E-state index in [4.69, 9.17) is 0 Å². The van der Waals surface area contributed by atoms with Gasteiger partial charge in [0, 0.05) is 52.7 Å². The molecule has 4 aromatic rings. The van der Waals surface area contributed by atoms with Gasteiger partial charge in [-0.15, -0.1) is 0 Å². The summed E-state index contributed by atoms with van der Waals surface area (Å²) in [6, 6.07) is 11.4. The van der Waals surface area contributed by atoms with Gasteiger partial charge in [0.05, 0.1) is 5.69 Å². The van der Waals surface area contributed by atoms with E-state index in [0.29, 0.717) is 11.4 Å². The van der Waals surface area contributed by atoms with Gasteiger partial charge >= 0.3 is 0 Å². The second-order valence-electron chi connectivity index (χ2n) is 6.54. The Bertz CT molecular complexity index is 1120. The molecule has 2 N–H and O–H groups in total. The number of H-pyrrole nitrogens is 1. The van der Waals surface area contributed by atoms with Crippen LogP contribution in [-0.4, -0.2) is 25.7 Å². The zero-order chi connectivity index (χ0) is 19.0. The van der Waals surface area contributed by atoms with Crippen molar-refractivity contribution in [3.8, 4) is 11.3 Å². The van der Waals surface area contributed by atoms with Crippen LogP contribution in [0.15, 0.2) is 48.8 Å². The van der Waals surface area contributed by atoms with Crippen molar-refractivity contribution >= 4 is 22.6 Å². The largest absolute Gasteiger partial charge is 0.345 e. The third-order valence-electron chi connectivity index (χ3n) is 5.03. The molecule has 0 aliphatic carbocycles. The molecule has 0 radical (unpaired) electrons. The van der Waals surface area contributed by atoms with E-state index in [1.54, 1.807) is 12.4 Å². The van der Waals surface area contributed by atoms with Crippen LogP contribution in [0.5, 0.6) is 0 Å². The molecule has 0 saturated carbocycles. The quantitative estimate of drug-likeness (QED) is 0.570. The average Bonchev–Trinajstić information content (AvgIpc) is 3.25. The molecule has 4 rings (SSSR count). The van der Waals surface area contributed by atoms with Crippen LogP contribution in [0.3, 0.4) is 0 Å². The summed E-state index contributed by atoms with van der Waals surface area (Å²) in [6.07, 6.45) is 3.44. The summed E-state index contributed by atoms with van der Waals surface area (Å²) in [5.74, 6) is 0.317. The molecule has 0 bridgehead atoms. The van der Waals surface area contributed by atoms with Crippen LogP contribution in [0.4, 0.5) is 5.82 Å². The van der Waals surface area contributed by atoms with Gasteiger partial charge in [-0.25, -0.2) is 0 Å². The zero-order valence-electron chi connectivity index (χ0n) is 15.6. The average molecular weight is 359 g/mol. The number of hydrogen-bond donors (Lipinski definition) is 2. The highest BCUT2D eigenvalue weighted by molar-refractivity contribution is 6.06. The number of nitrogens with zero attached hydrogens (tertiary/aromatic N) is 3. The van der Waals surface area contributed by atoms with E-state index in [-0.39, 0.29) is 5.91 Å². The molecule has 0 saturated heterocycles. The number of benzene rings is 1. The minimum absolute atomic E-state index is 0.175. The fourth-order valence-corrected chi connectivity index (χ4v) is 3.45. The van der Waals surface area contributed by atoms with Crippen LogP contribution >= 0.6 is 0 Å². The predicted molar refractivity (Wildman–Crippen MR) is 107 cm³/mol. The Hall–Kier alpha value is -3.41. The second-order valence-corrected chi connectivity index (χ2v) is 6.54. The molecule has 136 valence electrons. The van der Waals surface area contributed by atoms with Crippen LogP contribution in [0, 0.1) is 13.8 Å². The minimum atomic E-state index is -0.175. The van der Waals surface area contributed by atoms with Crippen LogP contribution < -0.4 is 5.32 Å². The summed E-state index contributed by atoms with van der Waals surface area (Å²) in [5, 5.41) is 11.1. The van der Waals surface area contributed by atoms with Crippen LogP contribution in [0.25, 0.3) is 22.2 Å². The number of aryl methyl sites for hydroxylation is 2. The van der Waals surface area contributed by atoms with E-state index in [0.717, 1.165) is 28.7 Å². The number of fused-ring (bicyclic) bond motifs is 1. The Morgan fingerprint density at radius 3 is 2.67 bits per heavy atom. The van der Waals surface area contributed by atoms with Crippen LogP contribution in [-0.2, 0) is 6.54 Å². The van der Waals surface area contributed by atoms with Gasteiger partial charge in [-0.3, -0.25) is 14.9 Å². The molecule has 1 aromatic carbocycles. The lowest BCUT2D eigenvalue weighted by Crippen LogP contribution is -2.12. The predicted octanol–water partition coefficient (Wildman–Crippen LogP) is 4.32. The number of aromatic amines is 1. The van der Waals surface area contributed by atoms with Crippen molar-refractivity contribution in [2.24, 2.45) is 0 Å². The van der Waals surface area contributed by atoms with Crippen LogP contribution in [0.2, 0.25) is 0 Å². The summed E-state index contributed by atoms with van der Waals surface area (Å²) in [4.78, 5) is 16.7. The first kappa shape index (κ1) is 17.0. The molecule has 6 heteroatoms. The number of rotatable bonds is 4. The fourth-order valence-electron chi connectivity index (χ4n) is 3.45. The summed E-state index contributed by atoms with van der Waals surface area (Å²) in [6.45, 7) is 7.25. The number of pyridine rings is 1. The van der Waals surface area contributed by atoms with Gasteiger partial charge in [-0.1, -0.05) is 0 Å². The molecular weight excluding hydrogens is 338 g/mol. The summed E-state index contributed by atoms with van der Waals surface area (Å²) in [7, 11) is 0. The van der Waals surface area contributed by atoms with Gasteiger partial charge in [-0.05, 0) is 56.7 Å². The molecule has 0 atom stereocenters. The summed E-state index contributed by atoms with van der Waals surface area (Å²) in [5.41, 5.74) is 6.01. The molecule has 27 heavy (non-hydrogen) atoms. The summed E-state index contributed by atoms with van der Waals surface area (Å²) >= 11 is 0. The van der Waals surface area contributed by atoms with Crippen molar-refractivity contribution in [3.63, 3.8) is 0 Å². The lowest BCUT2D eigenvalue weighted by atomic mass is 10.1. The maximum Gasteiger partial charge on any atom is 0.256 e. The lowest BCUT2D eigenvalue weighted by Gasteiger charge is -2.05. The van der Waals surface area contributed by atoms with Crippen LogP contribution in [0.1, 0.15) is 28.5 Å². The van der Waals surface area contributed by atoms with Crippen molar-refractivity contribution in [1.29, 1.82) is 0 Å². The third-order valence-corrected chi connectivity index (χ3v) is 5.03. The van der Waals surface area contributed by atoms with Gasteiger partial charge in [0.15, 0.2) is 5.82 Å². The SMILES string of the molecule is CCn1c(C)c(C)c2cc(C(=O)Nc3cc(-c4ccncc4)[nH]n3)ccc21. The Labute approximate surface area is 157 Å². The van der Waals surface area contributed by atoms with Gasteiger partial charge in [0.25, 0.3) is 5.91 Å². The van der Waals surface area contributed by atoms with Crippen molar-refractivity contribution < 1.29 is 4.79 Å². The van der Waals surface area contributed by atoms with Crippen molar-refractivity contribution in [1.82, 2.24) is 19.7 Å². The van der Waals surface area contributed by atoms with E-state index in [2.05, 4.69) is 45.8 Å². The van der Waals surface area contributed by atoms with Gasteiger partial charge in [-0.2, -0.15) is 5.10 Å². The standard InChI is InChI=1S/C21H21N5O/c1-4-26-14(3)13(2)17-11-16(5-6-19(17)26)21(27)23-20-12-18(24-25-20)15-7-9-22-10-8-15/h5-12H,4H2,1-3H3,(H2,23,24,25,27). The molecule has 3 aromatic heterocycles. The molecule has 0 aliphatic rings. The molecule has 0 aliphatic heterocycles. The number of amides is 1. The lowest BCUT2D eigenvalue weighted by molar-refractivity contribution is 0.102. The van der Waals surface area contributed by atoms with E-state index in [9.17, 15) is 4.79 Å². The topological polar surface area (TPSA) is 75.6 Å². The molecule has 1 amide bonds. The van der Waals surface area contributed by atoms with Crippen molar-refractivity contribution in [2.75, 3.05) is 5.32 Å². The van der Waals surface area contributed by atoms with Gasteiger partial charge in [0.1, 0.15) is 0 Å². The number of hydrogen-bond acceptors (Lipinski definition) is 3. The molecule has 0 fully saturated rings. The maximum absolute atomic E-state index is 12.7. The Morgan fingerprint density at radius 1 is 1.15 bits per heavy atom. The zero-order valence-corrected chi connectivity index (χ0v) is 15.6. The Kier molecular flexibility index (Phi) is 4.24. The molecule has 0 spiro atoms. The first-order valence-corrected chi connectivity index (χ1v) is 8.95. The normalized spacial score (nSPS) is 11.1. The fraction of sp³-hybridized carbons (Fsp3) is 0.190. The van der Waals surface area contributed by atoms with Crippen molar-refractivity contribution in [2.45, 2.75) is 27.3 Å². The minimum Gasteiger partial charge on any atom is -0.345 e. The highest BCUT2D eigenvalue weighted by Crippen LogP contribution is 2.26. The van der Waals surface area contributed by atoms with Gasteiger partial charge < -0.3 is 9.88 Å². The number of carbonyl (C=O) groups is 1. The number of carbonyl (C=O) groups excluding carboxylic acids is 1. The Balaban J connectivity index is 1.60. The van der Waals surface area contributed by atoms with Crippen molar-refractivity contribution in [3.05, 3.63) is 65.6 Å². The second kappa shape index (κ2) is 6.72. The molecular formula is C21H21N5O. The maximum atomic E-state index is 12.7. The monoisotopic (exact) mass is 359 g/mol. The molecule has 6 nitrogen and oxygen atoms in total. The number of anilines is 1. The number of aromatic nitrogens is 4. The number of nitrogens with one attached hydrogen (secondary N) is 2. The summed E-state index contributed by atoms with van der Waals surface area (Å²) < 4.78 is 2.26. The first-order valence-electron chi connectivity index (χ1n) is 8.95. The van der Waals surface area contributed by atoms with Gasteiger partial charge in [0.2, 0.25) is 0 Å². The third kappa shape index (κ3) is 2.99. The highest BCUT2D eigenvalue weighted by Gasteiger charge is 2.14. The molecule has 3 heterocycles. The van der Waals surface area contributed by atoms with E-state index >= 15 is 0 Å². The molecule has 0 unspecified atom stereocenters. The highest BCUT2D eigenvalue weighted by atomic mass is 16.1. The van der Waals surface area contributed by atoms with E-state index in [1.807, 2.05) is 36.4 Å². The smallest absolute Gasteiger partial charge is 0.256 e. The van der Waals surface area contributed by atoms with E-state index in [1.165, 1.54) is 11.3 Å². The Morgan fingerprint density at radius 2 is 1.93 bits per heavy atom.